The molecule has 0 aliphatic rings. The van der Waals surface area contributed by atoms with Crippen molar-refractivity contribution in [3.8, 4) is 10.6 Å². The van der Waals surface area contributed by atoms with Gasteiger partial charge in [0.15, 0.2) is 5.01 Å². The quantitative estimate of drug-likeness (QED) is 0.855. The van der Waals surface area contributed by atoms with Crippen molar-refractivity contribution in [2.45, 2.75) is 12.4 Å². The number of alkyl halides is 6. The van der Waals surface area contributed by atoms with Gasteiger partial charge in [0.1, 0.15) is 5.82 Å². The van der Waals surface area contributed by atoms with Crippen LogP contribution >= 0.6 is 11.3 Å². The fraction of sp³-hybridized carbons (Fsp3) is 0.300. The van der Waals surface area contributed by atoms with Gasteiger partial charge in [-0.15, -0.1) is 11.3 Å². The molecule has 0 saturated heterocycles. The van der Waals surface area contributed by atoms with Crippen LogP contribution in [0.5, 0.6) is 0 Å². The van der Waals surface area contributed by atoms with E-state index in [9.17, 15) is 26.3 Å². The van der Waals surface area contributed by atoms with Crippen molar-refractivity contribution in [3.05, 3.63) is 23.1 Å². The average Bonchev–Trinajstić information content (AvgIpc) is 2.86. The van der Waals surface area contributed by atoms with Crippen molar-refractivity contribution >= 4 is 17.2 Å². The van der Waals surface area contributed by atoms with Gasteiger partial charge in [-0.1, -0.05) is 0 Å². The molecule has 2 aromatic rings. The van der Waals surface area contributed by atoms with E-state index in [1.54, 1.807) is 0 Å². The van der Waals surface area contributed by atoms with Crippen LogP contribution in [-0.2, 0) is 12.4 Å². The van der Waals surface area contributed by atoms with Crippen molar-refractivity contribution in [1.29, 1.82) is 0 Å². The third-order valence-electron chi connectivity index (χ3n) is 2.24. The van der Waals surface area contributed by atoms with Crippen LogP contribution in [0.15, 0.2) is 12.3 Å². The lowest BCUT2D eigenvalue weighted by Crippen LogP contribution is -2.12. The first-order valence-electron chi connectivity index (χ1n) is 5.28. The predicted molar refractivity (Wildman–Crippen MR) is 62.7 cm³/mol. The van der Waals surface area contributed by atoms with Crippen molar-refractivity contribution in [2.75, 3.05) is 12.4 Å². The Morgan fingerprint density at radius 1 is 1.05 bits per heavy atom. The van der Waals surface area contributed by atoms with Crippen LogP contribution in [0.4, 0.5) is 32.2 Å². The summed E-state index contributed by atoms with van der Waals surface area (Å²) in [5.41, 5.74) is -0.283. The molecule has 0 fully saturated rings. The first kappa shape index (κ1) is 15.5. The van der Waals surface area contributed by atoms with E-state index in [1.165, 1.54) is 7.05 Å². The Kier molecular flexibility index (Phi) is 3.78. The Hall–Kier alpha value is -1.91. The number of nitrogens with one attached hydrogen (secondary N) is 1. The van der Waals surface area contributed by atoms with E-state index in [1.807, 2.05) is 0 Å². The highest BCUT2D eigenvalue weighted by molar-refractivity contribution is 7.15. The predicted octanol–water partition coefficient (Wildman–Crippen LogP) is 3.68. The minimum atomic E-state index is -4.81. The standard InChI is InChI=1S/C10H6F6N4S/c1-17-6-2-4(19-7(20-6)9(11,12)13)5-3-18-8(21-5)10(14,15)16/h2-3H,1H3,(H,17,19,20). The molecule has 11 heteroatoms. The molecule has 0 aliphatic carbocycles. The summed E-state index contributed by atoms with van der Waals surface area (Å²) in [6, 6.07) is 1.11. The lowest BCUT2D eigenvalue weighted by atomic mass is 10.3. The molecular weight excluding hydrogens is 322 g/mol. The number of anilines is 1. The van der Waals surface area contributed by atoms with Crippen molar-refractivity contribution < 1.29 is 26.3 Å². The van der Waals surface area contributed by atoms with Crippen molar-refractivity contribution in [3.63, 3.8) is 0 Å². The second-order valence-electron chi connectivity index (χ2n) is 3.74. The van der Waals surface area contributed by atoms with Crippen LogP contribution in [0.25, 0.3) is 10.6 Å². The highest BCUT2D eigenvalue weighted by atomic mass is 32.1. The van der Waals surface area contributed by atoms with E-state index in [0.717, 1.165) is 12.3 Å². The van der Waals surface area contributed by atoms with Crippen LogP contribution in [0.1, 0.15) is 10.8 Å². The van der Waals surface area contributed by atoms with Gasteiger partial charge in [0.25, 0.3) is 0 Å². The van der Waals surface area contributed by atoms with Crippen LogP contribution in [0.3, 0.4) is 0 Å². The summed E-state index contributed by atoms with van der Waals surface area (Å²) in [4.78, 5) is 9.47. The SMILES string of the molecule is CNc1cc(-c2cnc(C(F)(F)F)s2)nc(C(F)(F)F)n1. The summed E-state index contributed by atoms with van der Waals surface area (Å²) in [5, 5.41) is 1.24. The molecule has 0 spiro atoms. The van der Waals surface area contributed by atoms with Crippen LogP contribution < -0.4 is 5.32 Å². The molecule has 114 valence electrons. The smallest absolute Gasteiger partial charge is 0.373 e. The molecule has 21 heavy (non-hydrogen) atoms. The zero-order chi connectivity index (χ0) is 15.8. The maximum atomic E-state index is 12.6. The number of hydrogen-bond donors (Lipinski definition) is 1. The summed E-state index contributed by atoms with van der Waals surface area (Å²) < 4.78 is 75.3. The van der Waals surface area contributed by atoms with Crippen LogP contribution in [-0.4, -0.2) is 22.0 Å². The van der Waals surface area contributed by atoms with Gasteiger partial charge in [-0.25, -0.2) is 15.0 Å². The highest BCUT2D eigenvalue weighted by Gasteiger charge is 2.37. The van der Waals surface area contributed by atoms with E-state index in [4.69, 9.17) is 0 Å². The van der Waals surface area contributed by atoms with E-state index in [2.05, 4.69) is 20.3 Å². The Morgan fingerprint density at radius 2 is 1.71 bits per heavy atom. The number of halogens is 6. The summed E-state index contributed by atoms with van der Waals surface area (Å²) in [5.74, 6) is -1.60. The molecule has 0 saturated carbocycles. The monoisotopic (exact) mass is 328 g/mol. The molecule has 0 aliphatic heterocycles. The minimum Gasteiger partial charge on any atom is -0.373 e. The molecule has 0 bridgehead atoms. The van der Waals surface area contributed by atoms with Crippen molar-refractivity contribution in [2.24, 2.45) is 0 Å². The lowest BCUT2D eigenvalue weighted by molar-refractivity contribution is -0.144. The maximum absolute atomic E-state index is 12.6. The topological polar surface area (TPSA) is 50.7 Å². The fourth-order valence-corrected chi connectivity index (χ4v) is 2.10. The fourth-order valence-electron chi connectivity index (χ4n) is 1.35. The molecule has 1 N–H and O–H groups in total. The Bertz CT molecular complexity index is 648. The Morgan fingerprint density at radius 3 is 2.19 bits per heavy atom. The molecule has 0 atom stereocenters. The van der Waals surface area contributed by atoms with Crippen LogP contribution in [0, 0.1) is 0 Å². The number of rotatable bonds is 2. The average molecular weight is 328 g/mol. The third kappa shape index (κ3) is 3.40. The third-order valence-corrected chi connectivity index (χ3v) is 3.30. The van der Waals surface area contributed by atoms with E-state index < -0.39 is 23.2 Å². The van der Waals surface area contributed by atoms with Crippen molar-refractivity contribution in [1.82, 2.24) is 15.0 Å². The molecule has 4 nitrogen and oxygen atoms in total. The molecule has 0 radical (unpaired) electrons. The second-order valence-corrected chi connectivity index (χ2v) is 4.77. The maximum Gasteiger partial charge on any atom is 0.451 e. The van der Waals surface area contributed by atoms with Crippen LogP contribution in [0.2, 0.25) is 0 Å². The molecule has 2 rings (SSSR count). The second kappa shape index (κ2) is 5.13. The Labute approximate surface area is 117 Å². The first-order valence-corrected chi connectivity index (χ1v) is 6.10. The molecule has 0 unspecified atom stereocenters. The largest absolute Gasteiger partial charge is 0.451 e. The minimum absolute atomic E-state index is 0.133. The zero-order valence-electron chi connectivity index (χ0n) is 10.2. The normalized spacial score (nSPS) is 12.5. The molecular formula is C10H6F6N4S. The zero-order valence-corrected chi connectivity index (χ0v) is 11.0. The molecule has 2 aromatic heterocycles. The van der Waals surface area contributed by atoms with Gasteiger partial charge < -0.3 is 5.32 Å². The van der Waals surface area contributed by atoms with E-state index in [-0.39, 0.29) is 27.7 Å². The highest BCUT2D eigenvalue weighted by Crippen LogP contribution is 2.37. The Balaban J connectivity index is 2.51. The number of thiazole rings is 1. The number of aromatic nitrogens is 3. The van der Waals surface area contributed by atoms with Gasteiger partial charge in [0, 0.05) is 19.3 Å². The molecule has 0 aromatic carbocycles. The summed E-state index contributed by atoms with van der Waals surface area (Å²) >= 11 is 0.210. The summed E-state index contributed by atoms with van der Waals surface area (Å²) in [7, 11) is 1.33. The van der Waals surface area contributed by atoms with Gasteiger partial charge in [-0.05, 0) is 0 Å². The van der Waals surface area contributed by atoms with E-state index >= 15 is 0 Å². The van der Waals surface area contributed by atoms with E-state index in [0.29, 0.717) is 0 Å². The van der Waals surface area contributed by atoms with Gasteiger partial charge in [-0.2, -0.15) is 26.3 Å². The summed E-state index contributed by atoms with van der Waals surface area (Å²) in [6.45, 7) is 0. The van der Waals surface area contributed by atoms with Gasteiger partial charge >= 0.3 is 12.4 Å². The summed E-state index contributed by atoms with van der Waals surface area (Å²) in [6.07, 6.45) is -8.64. The van der Waals surface area contributed by atoms with Gasteiger partial charge in [0.05, 0.1) is 10.6 Å². The van der Waals surface area contributed by atoms with Gasteiger partial charge in [-0.3, -0.25) is 0 Å². The molecule has 2 heterocycles. The lowest BCUT2D eigenvalue weighted by Gasteiger charge is -2.08. The first-order chi connectivity index (χ1) is 9.61. The number of nitrogens with zero attached hydrogens (tertiary/aromatic N) is 3. The van der Waals surface area contributed by atoms with Gasteiger partial charge in [0.2, 0.25) is 5.82 Å². The molecule has 0 amide bonds. The number of hydrogen-bond acceptors (Lipinski definition) is 5.